The van der Waals surface area contributed by atoms with Gasteiger partial charge in [0.25, 0.3) is 0 Å². The largest absolute Gasteiger partial charge is 0.456 e. The molecular formula is C38H24N4O. The molecule has 4 aromatic carbocycles. The number of hydrogen-bond donors (Lipinski definition) is 0. The first-order valence-electron chi connectivity index (χ1n) is 14.2. The molecule has 9 rings (SSSR count). The summed E-state index contributed by atoms with van der Waals surface area (Å²) in [5, 5.41) is 4.33. The topological polar surface area (TPSA) is 48.8 Å². The van der Waals surface area contributed by atoms with Crippen molar-refractivity contribution in [2.75, 3.05) is 0 Å². The Balaban J connectivity index is 1.30. The lowest BCUT2D eigenvalue weighted by atomic mass is 10.1. The van der Waals surface area contributed by atoms with Gasteiger partial charge in [-0.05, 0) is 96.1 Å². The lowest BCUT2D eigenvalue weighted by Gasteiger charge is -2.09. The Morgan fingerprint density at radius 3 is 1.47 bits per heavy atom. The average molecular weight is 553 g/mol. The van der Waals surface area contributed by atoms with Crippen LogP contribution in [-0.2, 0) is 0 Å². The molecule has 202 valence electrons. The zero-order chi connectivity index (χ0) is 28.7. The summed E-state index contributed by atoms with van der Waals surface area (Å²) < 4.78 is 10.9. The first-order valence-corrected chi connectivity index (χ1v) is 14.2. The molecule has 0 amide bonds. The van der Waals surface area contributed by atoms with E-state index in [1.807, 2.05) is 36.7 Å². The van der Waals surface area contributed by atoms with Gasteiger partial charge in [0, 0.05) is 45.3 Å². The molecule has 0 spiro atoms. The molecule has 0 radical (unpaired) electrons. The first kappa shape index (κ1) is 23.7. The van der Waals surface area contributed by atoms with Gasteiger partial charge in [0.05, 0.1) is 33.1 Å². The zero-order valence-electron chi connectivity index (χ0n) is 23.2. The second kappa shape index (κ2) is 8.78. The van der Waals surface area contributed by atoms with E-state index in [1.165, 1.54) is 0 Å². The van der Waals surface area contributed by atoms with Crippen LogP contribution in [0.3, 0.4) is 0 Å². The smallest absolute Gasteiger partial charge is 0.135 e. The molecule has 43 heavy (non-hydrogen) atoms. The van der Waals surface area contributed by atoms with Crippen molar-refractivity contribution in [1.82, 2.24) is 19.1 Å². The Bertz CT molecular complexity index is 2430. The second-order valence-electron chi connectivity index (χ2n) is 10.8. The van der Waals surface area contributed by atoms with Crippen molar-refractivity contribution in [1.29, 1.82) is 0 Å². The third-order valence-corrected chi connectivity index (χ3v) is 8.51. The standard InChI is InChI=1S/C38H24N4O/c1-3-23-9-13-31-29(19-23)37-33(7-5-17-39-37)41(31)25-11-15-35-27(21-25)28-22-26(12-16-36(28)43-35)42-32-14-10-24(4-2)20-30(32)38-34(42)8-6-18-40-38/h3-22H,1-2H2. The van der Waals surface area contributed by atoms with Crippen molar-refractivity contribution in [3.8, 4) is 11.4 Å². The minimum atomic E-state index is 0.850. The molecule has 0 aliphatic carbocycles. The highest BCUT2D eigenvalue weighted by molar-refractivity contribution is 6.11. The van der Waals surface area contributed by atoms with Crippen LogP contribution in [-0.4, -0.2) is 19.1 Å². The molecular weight excluding hydrogens is 528 g/mol. The van der Waals surface area contributed by atoms with Gasteiger partial charge < -0.3 is 13.6 Å². The Hall–Kier alpha value is -5.94. The molecule has 5 aromatic heterocycles. The Morgan fingerprint density at radius 2 is 1.00 bits per heavy atom. The molecule has 9 aromatic rings. The normalized spacial score (nSPS) is 11.9. The summed E-state index contributed by atoms with van der Waals surface area (Å²) in [4.78, 5) is 9.49. The number of hydrogen-bond acceptors (Lipinski definition) is 3. The van der Waals surface area contributed by atoms with Crippen LogP contribution in [0.1, 0.15) is 11.1 Å². The molecule has 0 N–H and O–H groups in total. The molecule has 0 bridgehead atoms. The Kier molecular flexibility index (Phi) is 4.85. The first-order chi connectivity index (χ1) is 21.2. The molecule has 0 saturated heterocycles. The van der Waals surface area contributed by atoms with Crippen LogP contribution in [0, 0.1) is 0 Å². The summed E-state index contributed by atoms with van der Waals surface area (Å²) >= 11 is 0. The highest BCUT2D eigenvalue weighted by Gasteiger charge is 2.18. The molecule has 0 aliphatic rings. The van der Waals surface area contributed by atoms with Gasteiger partial charge in [-0.3, -0.25) is 9.97 Å². The highest BCUT2D eigenvalue weighted by Crippen LogP contribution is 2.37. The maximum absolute atomic E-state index is 6.34. The predicted molar refractivity (Wildman–Crippen MR) is 178 cm³/mol. The average Bonchev–Trinajstić information content (AvgIpc) is 3.71. The fourth-order valence-electron chi connectivity index (χ4n) is 6.55. The Morgan fingerprint density at radius 1 is 0.512 bits per heavy atom. The van der Waals surface area contributed by atoms with Gasteiger partial charge in [0.2, 0.25) is 0 Å². The van der Waals surface area contributed by atoms with Crippen molar-refractivity contribution < 1.29 is 4.42 Å². The van der Waals surface area contributed by atoms with E-state index in [2.05, 4.69) is 107 Å². The quantitative estimate of drug-likeness (QED) is 0.218. The van der Waals surface area contributed by atoms with Gasteiger partial charge in [-0.1, -0.05) is 37.4 Å². The molecule has 0 unspecified atom stereocenters. The number of rotatable bonds is 4. The summed E-state index contributed by atoms with van der Waals surface area (Å²) in [6.07, 6.45) is 7.45. The van der Waals surface area contributed by atoms with Gasteiger partial charge in [-0.25, -0.2) is 0 Å². The van der Waals surface area contributed by atoms with Crippen LogP contribution in [0.25, 0.3) is 89.3 Å². The van der Waals surface area contributed by atoms with E-state index in [-0.39, 0.29) is 0 Å². The number of benzene rings is 4. The fourth-order valence-corrected chi connectivity index (χ4v) is 6.55. The summed E-state index contributed by atoms with van der Waals surface area (Å²) in [5.74, 6) is 0. The predicted octanol–water partition coefficient (Wildman–Crippen LogP) is 9.86. The minimum Gasteiger partial charge on any atom is -0.456 e. The monoisotopic (exact) mass is 552 g/mol. The lowest BCUT2D eigenvalue weighted by Crippen LogP contribution is -1.94. The summed E-state index contributed by atoms with van der Waals surface area (Å²) in [6, 6.07) is 33.9. The molecule has 0 fully saturated rings. The van der Waals surface area contributed by atoms with E-state index in [0.29, 0.717) is 0 Å². The van der Waals surface area contributed by atoms with E-state index < -0.39 is 0 Å². The number of pyridine rings is 2. The van der Waals surface area contributed by atoms with Crippen LogP contribution in [0.5, 0.6) is 0 Å². The molecule has 5 heterocycles. The maximum Gasteiger partial charge on any atom is 0.135 e. The third kappa shape index (κ3) is 3.33. The second-order valence-corrected chi connectivity index (χ2v) is 10.8. The van der Waals surface area contributed by atoms with Crippen LogP contribution < -0.4 is 0 Å². The van der Waals surface area contributed by atoms with E-state index in [1.54, 1.807) is 0 Å². The molecule has 0 saturated carbocycles. The molecule has 5 nitrogen and oxygen atoms in total. The number of fused-ring (bicyclic) bond motifs is 9. The van der Waals surface area contributed by atoms with Crippen LogP contribution in [0.15, 0.2) is 127 Å². The number of furan rings is 1. The van der Waals surface area contributed by atoms with Gasteiger partial charge in [0.15, 0.2) is 0 Å². The SMILES string of the molecule is C=Cc1ccc2c(c1)c1ncccc1n2-c1ccc2oc3ccc(-n4c5ccc(C=C)cc5c5ncccc54)cc3c2c1. The summed E-state index contributed by atoms with van der Waals surface area (Å²) in [6.45, 7) is 7.92. The van der Waals surface area contributed by atoms with Crippen molar-refractivity contribution in [3.63, 3.8) is 0 Å². The zero-order valence-corrected chi connectivity index (χ0v) is 23.2. The van der Waals surface area contributed by atoms with E-state index in [4.69, 9.17) is 14.4 Å². The van der Waals surface area contributed by atoms with Gasteiger partial charge in [-0.2, -0.15) is 0 Å². The lowest BCUT2D eigenvalue weighted by molar-refractivity contribution is 0.669. The van der Waals surface area contributed by atoms with E-state index >= 15 is 0 Å². The van der Waals surface area contributed by atoms with Gasteiger partial charge in [0.1, 0.15) is 11.2 Å². The van der Waals surface area contributed by atoms with Gasteiger partial charge in [-0.15, -0.1) is 0 Å². The van der Waals surface area contributed by atoms with E-state index in [9.17, 15) is 0 Å². The Labute approximate surface area is 246 Å². The summed E-state index contributed by atoms with van der Waals surface area (Å²) in [7, 11) is 0. The minimum absolute atomic E-state index is 0.850. The summed E-state index contributed by atoms with van der Waals surface area (Å²) in [5.41, 5.74) is 12.2. The maximum atomic E-state index is 6.34. The van der Waals surface area contributed by atoms with Gasteiger partial charge >= 0.3 is 0 Å². The third-order valence-electron chi connectivity index (χ3n) is 8.51. The van der Waals surface area contributed by atoms with Crippen molar-refractivity contribution in [2.24, 2.45) is 0 Å². The molecule has 0 atom stereocenters. The fraction of sp³-hybridized carbons (Fsp3) is 0. The molecule has 5 heteroatoms. The number of aromatic nitrogens is 4. The number of nitrogens with zero attached hydrogens (tertiary/aromatic N) is 4. The van der Waals surface area contributed by atoms with Crippen LogP contribution in [0.4, 0.5) is 0 Å². The van der Waals surface area contributed by atoms with E-state index in [0.717, 1.165) is 88.3 Å². The van der Waals surface area contributed by atoms with Crippen molar-refractivity contribution in [2.45, 2.75) is 0 Å². The highest BCUT2D eigenvalue weighted by atomic mass is 16.3. The van der Waals surface area contributed by atoms with Crippen molar-refractivity contribution in [3.05, 3.63) is 134 Å². The van der Waals surface area contributed by atoms with Crippen LogP contribution >= 0.6 is 0 Å². The van der Waals surface area contributed by atoms with Crippen molar-refractivity contribution >= 4 is 78.0 Å². The molecule has 0 aliphatic heterocycles. The van der Waals surface area contributed by atoms with Crippen LogP contribution in [0.2, 0.25) is 0 Å².